The van der Waals surface area contributed by atoms with E-state index in [0.29, 0.717) is 24.0 Å². The third-order valence-electron chi connectivity index (χ3n) is 5.60. The predicted octanol–water partition coefficient (Wildman–Crippen LogP) is 0.390. The Morgan fingerprint density at radius 2 is 2.00 bits per heavy atom. The van der Waals surface area contributed by atoms with Crippen LogP contribution in [0.5, 0.6) is 0 Å². The number of nitrogens with one attached hydrogen (secondary N) is 1. The van der Waals surface area contributed by atoms with Crippen LogP contribution in [-0.2, 0) is 29.0 Å². The van der Waals surface area contributed by atoms with Crippen molar-refractivity contribution in [1.29, 1.82) is 0 Å². The summed E-state index contributed by atoms with van der Waals surface area (Å²) in [5.41, 5.74) is 6.81. The van der Waals surface area contributed by atoms with Crippen molar-refractivity contribution in [2.45, 2.75) is 69.9 Å². The summed E-state index contributed by atoms with van der Waals surface area (Å²) < 4.78 is 47.4. The Hall–Kier alpha value is -2.39. The van der Waals surface area contributed by atoms with Gasteiger partial charge in [-0.3, -0.25) is 9.36 Å². The number of ether oxygens (including phenoxy) is 3. The second kappa shape index (κ2) is 9.10. The number of nitrogens with two attached hydrogens (primary N) is 1. The number of fused-ring (bicyclic) bond motifs is 2. The Bertz CT molecular complexity index is 1120. The highest BCUT2D eigenvalue weighted by molar-refractivity contribution is 7.89. The number of rotatable bonds is 10. The number of unbranched alkanes of at least 4 members (excludes halogenated alkanes) is 1. The molecule has 4 rings (SSSR count). The lowest BCUT2D eigenvalue weighted by atomic mass is 10.1. The Morgan fingerprint density at radius 1 is 1.24 bits per heavy atom. The van der Waals surface area contributed by atoms with Crippen molar-refractivity contribution in [3.05, 3.63) is 12.7 Å². The minimum Gasteiger partial charge on any atom is -0.481 e. The first kappa shape index (κ1) is 23.8. The predicted molar refractivity (Wildman–Crippen MR) is 115 cm³/mol. The van der Waals surface area contributed by atoms with Gasteiger partial charge in [0.1, 0.15) is 24.1 Å². The Morgan fingerprint density at radius 3 is 2.76 bits per heavy atom. The maximum Gasteiger partial charge on any atom is 0.303 e. The SMILES string of the molecule is CC1(C)O[C@@H]2[C@H](O1)[C@@H](CCS(=O)(=O)NCCCCC(=O)O)O[C@H]2n1cnc2c(N)ncnc21. The summed E-state index contributed by atoms with van der Waals surface area (Å²) in [7, 11) is -3.57. The molecule has 0 radical (unpaired) electrons. The van der Waals surface area contributed by atoms with Crippen LogP contribution in [-0.4, -0.2) is 75.4 Å². The number of nitrogen functional groups attached to an aromatic ring is 1. The van der Waals surface area contributed by atoms with E-state index in [2.05, 4.69) is 19.7 Å². The second-order valence-corrected chi connectivity index (χ2v) is 10.5. The number of aliphatic carboxylic acids is 1. The molecule has 0 aliphatic carbocycles. The normalized spacial score (nSPS) is 26.6. The number of carbonyl (C=O) groups is 1. The average Bonchev–Trinajstić information content (AvgIpc) is 3.37. The maximum absolute atomic E-state index is 12.4. The standard InChI is InChI=1S/C19H28N6O7S/c1-19(2)31-14-11(6-8-33(28,29)24-7-4-3-5-12(26)27)30-18(15(14)32-19)25-10-23-13-16(20)21-9-22-17(13)25/h9-11,14-15,18,24H,3-8H2,1-2H3,(H,26,27)(H2,20,21,22)/t11-,14-,15-,18-/m1/s1. The fraction of sp³-hybridized carbons (Fsp3) is 0.684. The van der Waals surface area contributed by atoms with Crippen molar-refractivity contribution in [1.82, 2.24) is 24.2 Å². The minimum atomic E-state index is -3.57. The topological polar surface area (TPSA) is 181 Å². The molecule has 0 amide bonds. The molecule has 2 aliphatic rings. The van der Waals surface area contributed by atoms with E-state index in [1.54, 1.807) is 24.7 Å². The van der Waals surface area contributed by atoms with Crippen LogP contribution in [0.25, 0.3) is 11.2 Å². The van der Waals surface area contributed by atoms with Gasteiger partial charge in [0.15, 0.2) is 23.5 Å². The first-order valence-corrected chi connectivity index (χ1v) is 12.3. The van der Waals surface area contributed by atoms with E-state index < -0.39 is 46.3 Å². The molecule has 4 heterocycles. The summed E-state index contributed by atoms with van der Waals surface area (Å²) >= 11 is 0. The molecule has 0 aromatic carbocycles. The van der Waals surface area contributed by atoms with Crippen LogP contribution < -0.4 is 10.5 Å². The maximum atomic E-state index is 12.4. The number of nitrogens with zero attached hydrogens (tertiary/aromatic N) is 4. The molecule has 14 heteroatoms. The summed E-state index contributed by atoms with van der Waals surface area (Å²) in [6.07, 6.45) is 1.78. The van der Waals surface area contributed by atoms with Gasteiger partial charge in [-0.05, 0) is 33.1 Å². The first-order valence-electron chi connectivity index (χ1n) is 10.7. The van der Waals surface area contributed by atoms with E-state index >= 15 is 0 Å². The lowest BCUT2D eigenvalue weighted by molar-refractivity contribution is -0.196. The van der Waals surface area contributed by atoms with Gasteiger partial charge in [0.05, 0.1) is 18.2 Å². The number of hydrogen-bond acceptors (Lipinski definition) is 10. The number of hydrogen-bond donors (Lipinski definition) is 3. The lowest BCUT2D eigenvalue weighted by Crippen LogP contribution is -2.34. The smallest absolute Gasteiger partial charge is 0.303 e. The van der Waals surface area contributed by atoms with E-state index in [-0.39, 0.29) is 31.0 Å². The molecular formula is C19H28N6O7S. The third kappa shape index (κ3) is 5.24. The van der Waals surface area contributed by atoms with Gasteiger partial charge < -0.3 is 25.1 Å². The number of carboxylic acids is 1. The number of imidazole rings is 1. The molecule has 2 fully saturated rings. The number of sulfonamides is 1. The Kier molecular flexibility index (Phi) is 6.55. The van der Waals surface area contributed by atoms with Crippen LogP contribution in [0.3, 0.4) is 0 Å². The highest BCUT2D eigenvalue weighted by atomic mass is 32.2. The molecule has 0 spiro atoms. The van der Waals surface area contributed by atoms with Crippen molar-refractivity contribution < 1.29 is 32.5 Å². The average molecular weight is 485 g/mol. The summed E-state index contributed by atoms with van der Waals surface area (Å²) in [6.45, 7) is 3.77. The van der Waals surface area contributed by atoms with Crippen LogP contribution >= 0.6 is 0 Å². The number of anilines is 1. The first-order chi connectivity index (χ1) is 15.6. The minimum absolute atomic E-state index is 0.00865. The molecule has 4 N–H and O–H groups in total. The van der Waals surface area contributed by atoms with Gasteiger partial charge in [0.25, 0.3) is 0 Å². The van der Waals surface area contributed by atoms with Crippen LogP contribution in [0.15, 0.2) is 12.7 Å². The summed E-state index contributed by atoms with van der Waals surface area (Å²) in [5, 5.41) is 8.66. The number of aromatic nitrogens is 4. The van der Waals surface area contributed by atoms with Crippen molar-refractivity contribution in [3.63, 3.8) is 0 Å². The molecule has 4 atom stereocenters. The molecule has 0 unspecified atom stereocenters. The Balaban J connectivity index is 1.43. The molecule has 2 aliphatic heterocycles. The summed E-state index contributed by atoms with van der Waals surface area (Å²) in [6, 6.07) is 0. The Labute approximate surface area is 190 Å². The van der Waals surface area contributed by atoms with Gasteiger partial charge in [-0.1, -0.05) is 0 Å². The third-order valence-corrected chi connectivity index (χ3v) is 7.01. The van der Waals surface area contributed by atoms with Gasteiger partial charge in [-0.25, -0.2) is 28.1 Å². The molecule has 2 aromatic heterocycles. The van der Waals surface area contributed by atoms with Crippen LogP contribution in [0.4, 0.5) is 5.82 Å². The van der Waals surface area contributed by atoms with E-state index in [1.165, 1.54) is 6.33 Å². The quantitative estimate of drug-likeness (QED) is 0.397. The van der Waals surface area contributed by atoms with Gasteiger partial charge in [0, 0.05) is 13.0 Å². The highest BCUT2D eigenvalue weighted by Crippen LogP contribution is 2.44. The van der Waals surface area contributed by atoms with E-state index in [0.717, 1.165) is 0 Å². The van der Waals surface area contributed by atoms with Crippen LogP contribution in [0, 0.1) is 0 Å². The zero-order valence-electron chi connectivity index (χ0n) is 18.4. The van der Waals surface area contributed by atoms with Crippen molar-refractivity contribution in [2.24, 2.45) is 0 Å². The van der Waals surface area contributed by atoms with E-state index in [9.17, 15) is 13.2 Å². The molecule has 182 valence electrons. The van der Waals surface area contributed by atoms with Gasteiger partial charge >= 0.3 is 5.97 Å². The van der Waals surface area contributed by atoms with Crippen LogP contribution in [0.2, 0.25) is 0 Å². The molecule has 2 saturated heterocycles. The van der Waals surface area contributed by atoms with Crippen molar-refractivity contribution in [2.75, 3.05) is 18.0 Å². The van der Waals surface area contributed by atoms with E-state index in [4.69, 9.17) is 25.1 Å². The van der Waals surface area contributed by atoms with Gasteiger partial charge in [-0.15, -0.1) is 0 Å². The molecule has 33 heavy (non-hydrogen) atoms. The van der Waals surface area contributed by atoms with E-state index in [1.807, 2.05) is 0 Å². The molecule has 0 saturated carbocycles. The second-order valence-electron chi connectivity index (χ2n) is 8.57. The van der Waals surface area contributed by atoms with Gasteiger partial charge in [-0.2, -0.15) is 0 Å². The van der Waals surface area contributed by atoms with Crippen LogP contribution in [0.1, 0.15) is 45.8 Å². The summed E-state index contributed by atoms with van der Waals surface area (Å²) in [5.74, 6) is -1.69. The molecule has 0 bridgehead atoms. The largest absolute Gasteiger partial charge is 0.481 e. The summed E-state index contributed by atoms with van der Waals surface area (Å²) in [4.78, 5) is 23.0. The fourth-order valence-electron chi connectivity index (χ4n) is 4.14. The zero-order valence-corrected chi connectivity index (χ0v) is 19.2. The molecule has 13 nitrogen and oxygen atoms in total. The fourth-order valence-corrected chi connectivity index (χ4v) is 5.29. The molecular weight excluding hydrogens is 456 g/mol. The number of carboxylic acid groups (broad SMARTS) is 1. The van der Waals surface area contributed by atoms with Gasteiger partial charge in [0.2, 0.25) is 10.0 Å². The molecule has 2 aromatic rings. The van der Waals surface area contributed by atoms with Crippen molar-refractivity contribution >= 4 is 33.0 Å². The highest BCUT2D eigenvalue weighted by Gasteiger charge is 2.56. The zero-order chi connectivity index (χ0) is 23.8. The monoisotopic (exact) mass is 484 g/mol. The lowest BCUT2D eigenvalue weighted by Gasteiger charge is -2.24. The van der Waals surface area contributed by atoms with Crippen molar-refractivity contribution in [3.8, 4) is 0 Å².